The maximum Gasteiger partial charge on any atom is 0.232 e. The van der Waals surface area contributed by atoms with Gasteiger partial charge in [-0.15, -0.1) is 0 Å². The van der Waals surface area contributed by atoms with Gasteiger partial charge in [0.15, 0.2) is 0 Å². The van der Waals surface area contributed by atoms with Crippen LogP contribution in [0.1, 0.15) is 11.1 Å². The fraction of sp³-hybridized carbons (Fsp3) is 0.417. The number of ether oxygens (including phenoxy) is 2. The van der Waals surface area contributed by atoms with Crippen molar-refractivity contribution < 1.29 is 14.3 Å². The number of hydrogen-bond acceptors (Lipinski definition) is 3. The van der Waals surface area contributed by atoms with E-state index in [1.54, 1.807) is 19.2 Å². The fourth-order valence-electron chi connectivity index (χ4n) is 2.06. The summed E-state index contributed by atoms with van der Waals surface area (Å²) in [5, 5.41) is 0.473. The molecule has 2 rings (SSSR count). The number of carbonyl (C=O) groups excluding carboxylic acids is 1. The first kappa shape index (κ1) is 12.2. The van der Waals surface area contributed by atoms with E-state index in [0.29, 0.717) is 24.0 Å². The highest BCUT2D eigenvalue weighted by molar-refractivity contribution is 6.32. The van der Waals surface area contributed by atoms with E-state index in [4.69, 9.17) is 26.8 Å². The number of methoxy groups -OCH3 is 1. The first-order chi connectivity index (χ1) is 8.01. The summed E-state index contributed by atoms with van der Waals surface area (Å²) >= 11 is 6.08. The number of hydrogen-bond donors (Lipinski definition) is 1. The third-order valence-corrected chi connectivity index (χ3v) is 3.48. The van der Waals surface area contributed by atoms with Crippen molar-refractivity contribution >= 4 is 17.5 Å². The molecule has 1 heterocycles. The summed E-state index contributed by atoms with van der Waals surface area (Å²) in [6.45, 7) is 2.52. The number of rotatable bonds is 3. The Hall–Kier alpha value is -1.26. The first-order valence-corrected chi connectivity index (χ1v) is 5.61. The summed E-state index contributed by atoms with van der Waals surface area (Å²) in [6.07, 6.45) is 0. The Morgan fingerprint density at radius 1 is 1.53 bits per heavy atom. The fourth-order valence-corrected chi connectivity index (χ4v) is 2.30. The quantitative estimate of drug-likeness (QED) is 0.888. The van der Waals surface area contributed by atoms with Crippen LogP contribution in [0.15, 0.2) is 12.1 Å². The highest BCUT2D eigenvalue weighted by Gasteiger charge is 2.47. The van der Waals surface area contributed by atoms with Crippen LogP contribution in [0.5, 0.6) is 5.75 Å². The van der Waals surface area contributed by atoms with Gasteiger partial charge in [0.05, 0.1) is 25.3 Å². The number of aryl methyl sites for hydroxylation is 1. The Morgan fingerprint density at radius 3 is 2.59 bits per heavy atom. The van der Waals surface area contributed by atoms with E-state index in [0.717, 1.165) is 11.1 Å². The summed E-state index contributed by atoms with van der Waals surface area (Å²) in [6, 6.07) is 3.55. The Bertz CT molecular complexity index is 469. The van der Waals surface area contributed by atoms with Crippen LogP contribution in [0, 0.1) is 6.92 Å². The average Bonchev–Trinajstić information content (AvgIpc) is 2.20. The predicted octanol–water partition coefficient (Wildman–Crippen LogP) is 1.41. The van der Waals surface area contributed by atoms with Crippen LogP contribution in [-0.4, -0.2) is 26.2 Å². The molecule has 4 nitrogen and oxygen atoms in total. The van der Waals surface area contributed by atoms with Crippen LogP contribution in [0.2, 0.25) is 5.02 Å². The summed E-state index contributed by atoms with van der Waals surface area (Å²) < 4.78 is 10.3. The van der Waals surface area contributed by atoms with Gasteiger partial charge in [-0.25, -0.2) is 0 Å². The minimum absolute atomic E-state index is 0.311. The number of amides is 1. The predicted molar refractivity (Wildman–Crippen MR) is 64.4 cm³/mol. The van der Waals surface area contributed by atoms with Crippen molar-refractivity contribution in [1.82, 2.24) is 0 Å². The zero-order valence-electron chi connectivity index (χ0n) is 9.75. The molecule has 0 spiro atoms. The van der Waals surface area contributed by atoms with Crippen molar-refractivity contribution in [3.05, 3.63) is 28.3 Å². The van der Waals surface area contributed by atoms with Gasteiger partial charge in [-0.05, 0) is 30.2 Å². The standard InChI is InChI=1S/C12H14ClNO3/c1-7-3-10(16-2)9(13)4-8(7)12(11(14)15)5-17-6-12/h3-4H,5-6H2,1-2H3,(H2,14,15). The second-order valence-corrected chi connectivity index (χ2v) is 4.65. The molecule has 92 valence electrons. The molecular weight excluding hydrogens is 242 g/mol. The van der Waals surface area contributed by atoms with Crippen molar-refractivity contribution in [1.29, 1.82) is 0 Å². The van der Waals surface area contributed by atoms with Gasteiger partial charge in [0, 0.05) is 0 Å². The van der Waals surface area contributed by atoms with E-state index in [2.05, 4.69) is 0 Å². The van der Waals surface area contributed by atoms with Gasteiger partial charge in [0.2, 0.25) is 5.91 Å². The van der Waals surface area contributed by atoms with Crippen LogP contribution < -0.4 is 10.5 Å². The molecule has 1 amide bonds. The molecule has 0 atom stereocenters. The molecular formula is C12H14ClNO3. The monoisotopic (exact) mass is 255 g/mol. The van der Waals surface area contributed by atoms with E-state index in [-0.39, 0.29) is 5.91 Å². The van der Waals surface area contributed by atoms with Gasteiger partial charge in [-0.2, -0.15) is 0 Å². The SMILES string of the molecule is COc1cc(C)c(C2(C(N)=O)COC2)cc1Cl. The van der Waals surface area contributed by atoms with Gasteiger partial charge < -0.3 is 15.2 Å². The second-order valence-electron chi connectivity index (χ2n) is 4.24. The minimum Gasteiger partial charge on any atom is -0.495 e. The maximum atomic E-state index is 11.6. The third-order valence-electron chi connectivity index (χ3n) is 3.18. The lowest BCUT2D eigenvalue weighted by atomic mass is 9.76. The van der Waals surface area contributed by atoms with E-state index < -0.39 is 5.41 Å². The van der Waals surface area contributed by atoms with E-state index >= 15 is 0 Å². The average molecular weight is 256 g/mol. The third kappa shape index (κ3) is 1.77. The van der Waals surface area contributed by atoms with Crippen LogP contribution in [0.3, 0.4) is 0 Å². The minimum atomic E-state index is -0.736. The zero-order valence-corrected chi connectivity index (χ0v) is 10.5. The Balaban J connectivity index is 2.52. The van der Waals surface area contributed by atoms with Crippen molar-refractivity contribution in [2.45, 2.75) is 12.3 Å². The molecule has 0 aliphatic carbocycles. The second kappa shape index (κ2) is 4.20. The van der Waals surface area contributed by atoms with E-state index in [1.165, 1.54) is 0 Å². The topological polar surface area (TPSA) is 61.5 Å². The molecule has 17 heavy (non-hydrogen) atoms. The number of nitrogens with two attached hydrogens (primary N) is 1. The lowest BCUT2D eigenvalue weighted by Crippen LogP contribution is -2.56. The Labute approximate surface area is 105 Å². The molecule has 1 aliphatic rings. The molecule has 5 heteroatoms. The van der Waals surface area contributed by atoms with Crippen LogP contribution >= 0.6 is 11.6 Å². The smallest absolute Gasteiger partial charge is 0.232 e. The van der Waals surface area contributed by atoms with Crippen molar-refractivity contribution in [3.63, 3.8) is 0 Å². The number of halogens is 1. The molecule has 0 bridgehead atoms. The van der Waals surface area contributed by atoms with Gasteiger partial charge >= 0.3 is 0 Å². The number of carbonyl (C=O) groups is 1. The molecule has 2 N–H and O–H groups in total. The lowest BCUT2D eigenvalue weighted by Gasteiger charge is -2.40. The molecule has 0 unspecified atom stereocenters. The van der Waals surface area contributed by atoms with Crippen molar-refractivity contribution in [2.24, 2.45) is 5.73 Å². The van der Waals surface area contributed by atoms with Crippen molar-refractivity contribution in [2.75, 3.05) is 20.3 Å². The highest BCUT2D eigenvalue weighted by atomic mass is 35.5. The Morgan fingerprint density at radius 2 is 2.18 bits per heavy atom. The van der Waals surface area contributed by atoms with Gasteiger partial charge in [0.1, 0.15) is 11.2 Å². The first-order valence-electron chi connectivity index (χ1n) is 5.23. The molecule has 1 fully saturated rings. The summed E-state index contributed by atoms with van der Waals surface area (Å²) in [5.41, 5.74) is 6.47. The summed E-state index contributed by atoms with van der Waals surface area (Å²) in [7, 11) is 1.55. The van der Waals surface area contributed by atoms with Gasteiger partial charge in [-0.3, -0.25) is 4.79 Å². The molecule has 1 aliphatic heterocycles. The zero-order chi connectivity index (χ0) is 12.6. The largest absolute Gasteiger partial charge is 0.495 e. The van der Waals surface area contributed by atoms with E-state index in [9.17, 15) is 4.79 Å². The summed E-state index contributed by atoms with van der Waals surface area (Å²) in [4.78, 5) is 11.6. The van der Waals surface area contributed by atoms with Gasteiger partial charge in [0.25, 0.3) is 0 Å². The van der Waals surface area contributed by atoms with Crippen LogP contribution in [0.4, 0.5) is 0 Å². The van der Waals surface area contributed by atoms with Crippen LogP contribution in [0.25, 0.3) is 0 Å². The number of benzene rings is 1. The molecule has 0 aromatic heterocycles. The van der Waals surface area contributed by atoms with Crippen molar-refractivity contribution in [3.8, 4) is 5.75 Å². The molecule has 1 aromatic rings. The summed E-state index contributed by atoms with van der Waals surface area (Å²) in [5.74, 6) is 0.209. The normalized spacial score (nSPS) is 17.4. The lowest BCUT2D eigenvalue weighted by molar-refractivity contribution is -0.141. The van der Waals surface area contributed by atoms with E-state index in [1.807, 2.05) is 6.92 Å². The molecule has 0 saturated carbocycles. The van der Waals surface area contributed by atoms with Gasteiger partial charge in [-0.1, -0.05) is 11.6 Å². The molecule has 1 saturated heterocycles. The number of primary amides is 1. The molecule has 0 radical (unpaired) electrons. The molecule has 1 aromatic carbocycles. The maximum absolute atomic E-state index is 11.6. The highest BCUT2D eigenvalue weighted by Crippen LogP contribution is 2.38. The Kier molecular flexibility index (Phi) is 3.02. The van der Waals surface area contributed by atoms with Crippen LogP contribution in [-0.2, 0) is 14.9 Å².